The summed E-state index contributed by atoms with van der Waals surface area (Å²) in [5, 5.41) is 0. The zero-order valence-electron chi connectivity index (χ0n) is 10.1. The summed E-state index contributed by atoms with van der Waals surface area (Å²) in [5.41, 5.74) is 7.46. The van der Waals surface area contributed by atoms with Crippen molar-refractivity contribution in [3.05, 3.63) is 48.5 Å². The molecule has 0 unspecified atom stereocenters. The van der Waals surface area contributed by atoms with Crippen LogP contribution in [0.1, 0.15) is 5.69 Å². The number of benzene rings is 1. The maximum absolute atomic E-state index is 11.2. The zero-order valence-corrected chi connectivity index (χ0v) is 10.1. The molecule has 2 N–H and O–H groups in total. The van der Waals surface area contributed by atoms with Gasteiger partial charge in [0.15, 0.2) is 0 Å². The lowest BCUT2D eigenvalue weighted by Gasteiger charge is -2.06. The Bertz CT molecular complexity index is 522. The number of hydrogen-bond donors (Lipinski definition) is 1. The first kappa shape index (κ1) is 12.3. The number of nitrogens with zero attached hydrogens (tertiary/aromatic N) is 2. The maximum Gasteiger partial charge on any atom is 0.323 e. The lowest BCUT2D eigenvalue weighted by molar-refractivity contribution is -0.142. The first-order valence-electron chi connectivity index (χ1n) is 5.62. The molecular weight excluding hydrogens is 230 g/mol. The molecule has 2 rings (SSSR count). The van der Waals surface area contributed by atoms with Crippen LogP contribution < -0.4 is 5.73 Å². The standard InChI is InChI=1S/C13H15N3O2/c1-18-13(17)12(14)7-10-8-16(9-15-10)11-5-3-2-4-6-11/h2-6,8-9,12H,7,14H2,1H3/t12-/m0/s1. The van der Waals surface area contributed by atoms with Gasteiger partial charge in [-0.15, -0.1) is 0 Å². The highest BCUT2D eigenvalue weighted by Gasteiger charge is 2.15. The van der Waals surface area contributed by atoms with Crippen LogP contribution in [0.3, 0.4) is 0 Å². The van der Waals surface area contributed by atoms with E-state index in [0.717, 1.165) is 11.4 Å². The number of esters is 1. The number of carbonyl (C=O) groups is 1. The van der Waals surface area contributed by atoms with Crippen molar-refractivity contribution in [2.45, 2.75) is 12.5 Å². The molecule has 0 amide bonds. The van der Waals surface area contributed by atoms with Crippen LogP contribution in [0.5, 0.6) is 0 Å². The van der Waals surface area contributed by atoms with E-state index in [9.17, 15) is 4.79 Å². The van der Waals surface area contributed by atoms with Gasteiger partial charge in [-0.05, 0) is 12.1 Å². The van der Waals surface area contributed by atoms with Gasteiger partial charge < -0.3 is 15.0 Å². The monoisotopic (exact) mass is 245 g/mol. The summed E-state index contributed by atoms with van der Waals surface area (Å²) in [6.45, 7) is 0. The first-order valence-corrected chi connectivity index (χ1v) is 5.62. The van der Waals surface area contributed by atoms with E-state index in [1.807, 2.05) is 41.1 Å². The minimum absolute atomic E-state index is 0.368. The lowest BCUT2D eigenvalue weighted by Crippen LogP contribution is -2.33. The van der Waals surface area contributed by atoms with Crippen molar-refractivity contribution < 1.29 is 9.53 Å². The van der Waals surface area contributed by atoms with Gasteiger partial charge in [0.2, 0.25) is 0 Å². The molecular formula is C13H15N3O2. The average molecular weight is 245 g/mol. The topological polar surface area (TPSA) is 70.1 Å². The van der Waals surface area contributed by atoms with Gasteiger partial charge in [0, 0.05) is 18.3 Å². The highest BCUT2D eigenvalue weighted by atomic mass is 16.5. The molecule has 5 heteroatoms. The van der Waals surface area contributed by atoms with Crippen molar-refractivity contribution >= 4 is 5.97 Å². The van der Waals surface area contributed by atoms with Crippen LogP contribution in [0, 0.1) is 0 Å². The van der Waals surface area contributed by atoms with E-state index >= 15 is 0 Å². The fraction of sp³-hybridized carbons (Fsp3) is 0.231. The lowest BCUT2D eigenvalue weighted by atomic mass is 10.2. The molecule has 0 aliphatic carbocycles. The molecule has 1 aromatic carbocycles. The van der Waals surface area contributed by atoms with Gasteiger partial charge in [0.25, 0.3) is 0 Å². The van der Waals surface area contributed by atoms with Gasteiger partial charge in [-0.2, -0.15) is 0 Å². The molecule has 1 heterocycles. The summed E-state index contributed by atoms with van der Waals surface area (Å²) in [7, 11) is 1.32. The van der Waals surface area contributed by atoms with Crippen LogP contribution in [0.2, 0.25) is 0 Å². The van der Waals surface area contributed by atoms with E-state index in [0.29, 0.717) is 6.42 Å². The molecule has 18 heavy (non-hydrogen) atoms. The minimum Gasteiger partial charge on any atom is -0.468 e. The quantitative estimate of drug-likeness (QED) is 0.813. The highest BCUT2D eigenvalue weighted by molar-refractivity contribution is 5.75. The van der Waals surface area contributed by atoms with Crippen molar-refractivity contribution in [1.82, 2.24) is 9.55 Å². The summed E-state index contributed by atoms with van der Waals surface area (Å²) in [4.78, 5) is 15.4. The molecule has 0 aliphatic heterocycles. The number of methoxy groups -OCH3 is 1. The Morgan fingerprint density at radius 2 is 2.17 bits per heavy atom. The van der Waals surface area contributed by atoms with Crippen LogP contribution >= 0.6 is 0 Å². The van der Waals surface area contributed by atoms with E-state index in [1.54, 1.807) is 6.33 Å². The summed E-state index contributed by atoms with van der Waals surface area (Å²) in [5.74, 6) is -0.427. The second-order valence-electron chi connectivity index (χ2n) is 3.94. The molecule has 1 aromatic heterocycles. The molecule has 0 fully saturated rings. The molecule has 1 atom stereocenters. The second kappa shape index (κ2) is 5.46. The fourth-order valence-electron chi connectivity index (χ4n) is 1.67. The highest BCUT2D eigenvalue weighted by Crippen LogP contribution is 2.09. The third-order valence-corrected chi connectivity index (χ3v) is 2.62. The molecule has 2 aromatic rings. The van der Waals surface area contributed by atoms with E-state index < -0.39 is 12.0 Å². The molecule has 0 spiro atoms. The summed E-state index contributed by atoms with van der Waals surface area (Å²) in [6, 6.07) is 9.14. The molecule has 0 radical (unpaired) electrons. The summed E-state index contributed by atoms with van der Waals surface area (Å²) < 4.78 is 6.47. The SMILES string of the molecule is COC(=O)[C@@H](N)Cc1cn(-c2ccccc2)cn1. The number of imidazole rings is 1. The van der Waals surface area contributed by atoms with E-state index in [-0.39, 0.29) is 0 Å². The van der Waals surface area contributed by atoms with Gasteiger partial charge in [0.05, 0.1) is 19.1 Å². The summed E-state index contributed by atoms with van der Waals surface area (Å²) >= 11 is 0. The first-order chi connectivity index (χ1) is 8.70. The Labute approximate surface area is 105 Å². The van der Waals surface area contributed by atoms with Gasteiger partial charge in [-0.25, -0.2) is 4.98 Å². The second-order valence-corrected chi connectivity index (χ2v) is 3.94. The van der Waals surface area contributed by atoms with Crippen molar-refractivity contribution in [3.8, 4) is 5.69 Å². The van der Waals surface area contributed by atoms with Gasteiger partial charge >= 0.3 is 5.97 Å². The number of carbonyl (C=O) groups excluding carboxylic acids is 1. The zero-order chi connectivity index (χ0) is 13.0. The van der Waals surface area contributed by atoms with Crippen LogP contribution in [0.15, 0.2) is 42.9 Å². The Balaban J connectivity index is 2.09. The Hall–Kier alpha value is -2.14. The van der Waals surface area contributed by atoms with E-state index in [4.69, 9.17) is 5.73 Å². The number of nitrogens with two attached hydrogens (primary N) is 1. The summed E-state index contributed by atoms with van der Waals surface area (Å²) in [6.07, 6.45) is 3.93. The van der Waals surface area contributed by atoms with Gasteiger partial charge in [-0.3, -0.25) is 4.79 Å². The predicted molar refractivity (Wildman–Crippen MR) is 67.3 cm³/mol. The van der Waals surface area contributed by atoms with Crippen LogP contribution in [-0.2, 0) is 16.0 Å². The van der Waals surface area contributed by atoms with Crippen LogP contribution in [-0.4, -0.2) is 28.7 Å². The molecule has 0 bridgehead atoms. The van der Waals surface area contributed by atoms with Gasteiger partial charge in [-0.1, -0.05) is 18.2 Å². The van der Waals surface area contributed by atoms with Crippen molar-refractivity contribution in [2.24, 2.45) is 5.73 Å². The average Bonchev–Trinajstić information content (AvgIpc) is 2.87. The molecule has 94 valence electrons. The third kappa shape index (κ3) is 2.75. The normalized spacial score (nSPS) is 12.1. The smallest absolute Gasteiger partial charge is 0.323 e. The van der Waals surface area contributed by atoms with Crippen molar-refractivity contribution in [3.63, 3.8) is 0 Å². The minimum atomic E-state index is -0.672. The van der Waals surface area contributed by atoms with Crippen LogP contribution in [0.25, 0.3) is 5.69 Å². The van der Waals surface area contributed by atoms with E-state index in [2.05, 4.69) is 9.72 Å². The predicted octanol–water partition coefficient (Wildman–Crippen LogP) is 0.915. The molecule has 0 aliphatic rings. The Morgan fingerprint density at radius 3 is 2.83 bits per heavy atom. The third-order valence-electron chi connectivity index (χ3n) is 2.62. The maximum atomic E-state index is 11.2. The van der Waals surface area contributed by atoms with Crippen molar-refractivity contribution in [2.75, 3.05) is 7.11 Å². The molecule has 5 nitrogen and oxygen atoms in total. The number of ether oxygens (including phenoxy) is 1. The molecule has 0 saturated heterocycles. The number of para-hydroxylation sites is 1. The number of aromatic nitrogens is 2. The van der Waals surface area contributed by atoms with Gasteiger partial charge in [0.1, 0.15) is 6.04 Å². The van der Waals surface area contributed by atoms with Crippen molar-refractivity contribution in [1.29, 1.82) is 0 Å². The largest absolute Gasteiger partial charge is 0.468 e. The Morgan fingerprint density at radius 1 is 1.44 bits per heavy atom. The van der Waals surface area contributed by atoms with Crippen LogP contribution in [0.4, 0.5) is 0 Å². The fourth-order valence-corrected chi connectivity index (χ4v) is 1.67. The number of rotatable bonds is 4. The van der Waals surface area contributed by atoms with E-state index in [1.165, 1.54) is 7.11 Å². The Kier molecular flexibility index (Phi) is 3.74. The number of hydrogen-bond acceptors (Lipinski definition) is 4. The molecule has 0 saturated carbocycles.